The van der Waals surface area contributed by atoms with Gasteiger partial charge in [0.1, 0.15) is 5.69 Å². The van der Waals surface area contributed by atoms with E-state index in [1.165, 1.54) is 11.8 Å². The quantitative estimate of drug-likeness (QED) is 0.620. The zero-order chi connectivity index (χ0) is 20.4. The number of nitrogens with one attached hydrogen (secondary N) is 3. The van der Waals surface area contributed by atoms with Gasteiger partial charge in [-0.2, -0.15) is 0 Å². The van der Waals surface area contributed by atoms with Crippen LogP contribution < -0.4 is 10.6 Å². The molecule has 2 saturated carbocycles. The van der Waals surface area contributed by atoms with E-state index >= 15 is 0 Å². The Bertz CT molecular complexity index is 1020. The third-order valence-electron chi connectivity index (χ3n) is 5.73. The molecule has 5 nitrogen and oxygen atoms in total. The molecule has 3 N–H and O–H groups in total. The van der Waals surface area contributed by atoms with Gasteiger partial charge < -0.3 is 15.6 Å². The first-order valence-electron chi connectivity index (χ1n) is 10.3. The van der Waals surface area contributed by atoms with Gasteiger partial charge in [-0.15, -0.1) is 0 Å². The standard InChI is InChI=1S/C18H17N3O2.C6H10/c1-19-17(22)12-8-6-11(7-9-12)13-4-3-5-15-14(13)10-16(21-15)18(23)20-2;1-2-5(1)6-3-4-6/h3-10,21H,1-2H3,(H,19,22)(H,20,23);5-6H,1-4H2. The fraction of sp³-hybridized carbons (Fsp3) is 0.333. The number of aromatic nitrogens is 1. The van der Waals surface area contributed by atoms with Crippen molar-refractivity contribution in [3.63, 3.8) is 0 Å². The van der Waals surface area contributed by atoms with Crippen LogP contribution in [0, 0.1) is 11.8 Å². The first-order valence-corrected chi connectivity index (χ1v) is 10.3. The average Bonchev–Trinajstić information content (AvgIpc) is 3.68. The maximum Gasteiger partial charge on any atom is 0.267 e. The van der Waals surface area contributed by atoms with Crippen molar-refractivity contribution in [2.45, 2.75) is 25.7 Å². The van der Waals surface area contributed by atoms with Crippen LogP contribution in [0.25, 0.3) is 22.0 Å². The van der Waals surface area contributed by atoms with Gasteiger partial charge in [-0.25, -0.2) is 0 Å². The first-order chi connectivity index (χ1) is 14.1. The van der Waals surface area contributed by atoms with Gasteiger partial charge in [0.2, 0.25) is 0 Å². The third-order valence-corrected chi connectivity index (χ3v) is 5.73. The highest BCUT2D eigenvalue weighted by atomic mass is 16.2. The fourth-order valence-electron chi connectivity index (χ4n) is 3.74. The Hall–Kier alpha value is -3.08. The number of carbonyl (C=O) groups excluding carboxylic acids is 2. The lowest BCUT2D eigenvalue weighted by Crippen LogP contribution is -2.17. The van der Waals surface area contributed by atoms with E-state index in [1.807, 2.05) is 36.4 Å². The van der Waals surface area contributed by atoms with E-state index in [9.17, 15) is 9.59 Å². The lowest BCUT2D eigenvalue weighted by molar-refractivity contribution is 0.0953. The Labute approximate surface area is 170 Å². The molecule has 2 aliphatic carbocycles. The number of hydrogen-bond acceptors (Lipinski definition) is 2. The zero-order valence-corrected chi connectivity index (χ0v) is 16.9. The highest BCUT2D eigenvalue weighted by Crippen LogP contribution is 2.49. The maximum atomic E-state index is 11.8. The Morgan fingerprint density at radius 1 is 0.862 bits per heavy atom. The van der Waals surface area contributed by atoms with E-state index < -0.39 is 0 Å². The number of fused-ring (bicyclic) bond motifs is 1. The van der Waals surface area contributed by atoms with E-state index in [2.05, 4.69) is 15.6 Å². The number of H-pyrrole nitrogens is 1. The van der Waals surface area contributed by atoms with Crippen molar-refractivity contribution in [2.24, 2.45) is 11.8 Å². The minimum atomic E-state index is -0.151. The van der Waals surface area contributed by atoms with Crippen LogP contribution in [0.15, 0.2) is 48.5 Å². The van der Waals surface area contributed by atoms with Crippen LogP contribution in [0.1, 0.15) is 46.5 Å². The highest BCUT2D eigenvalue weighted by Gasteiger charge is 2.37. The predicted molar refractivity (Wildman–Crippen MR) is 116 cm³/mol. The number of amides is 2. The molecule has 0 saturated heterocycles. The topological polar surface area (TPSA) is 74.0 Å². The summed E-state index contributed by atoms with van der Waals surface area (Å²) >= 11 is 0. The van der Waals surface area contributed by atoms with Gasteiger partial charge in [0.05, 0.1) is 0 Å². The van der Waals surface area contributed by atoms with Gasteiger partial charge in [-0.05, 0) is 72.9 Å². The lowest BCUT2D eigenvalue weighted by Gasteiger charge is -2.05. The Balaban J connectivity index is 0.000000286. The van der Waals surface area contributed by atoms with Gasteiger partial charge in [0.15, 0.2) is 0 Å². The van der Waals surface area contributed by atoms with Crippen LogP contribution in [0.5, 0.6) is 0 Å². The second-order valence-electron chi connectivity index (χ2n) is 7.86. The molecule has 0 atom stereocenters. The van der Waals surface area contributed by atoms with Crippen molar-refractivity contribution in [1.82, 2.24) is 15.6 Å². The van der Waals surface area contributed by atoms with Gasteiger partial charge >= 0.3 is 0 Å². The number of aromatic amines is 1. The molecule has 0 unspecified atom stereocenters. The van der Waals surface area contributed by atoms with Crippen molar-refractivity contribution >= 4 is 22.7 Å². The molecule has 2 amide bonds. The van der Waals surface area contributed by atoms with Crippen LogP contribution >= 0.6 is 0 Å². The van der Waals surface area contributed by atoms with E-state index in [0.717, 1.165) is 22.0 Å². The molecule has 0 bridgehead atoms. The third kappa shape index (κ3) is 4.34. The summed E-state index contributed by atoms with van der Waals surface area (Å²) in [6, 6.07) is 15.1. The van der Waals surface area contributed by atoms with Crippen LogP contribution in [0.4, 0.5) is 0 Å². The van der Waals surface area contributed by atoms with Crippen LogP contribution in [0.2, 0.25) is 0 Å². The largest absolute Gasteiger partial charge is 0.355 e. The molecule has 5 rings (SSSR count). The predicted octanol–water partition coefficient (Wildman–Crippen LogP) is 4.36. The summed E-state index contributed by atoms with van der Waals surface area (Å²) in [7, 11) is 3.21. The first kappa shape index (κ1) is 19.2. The van der Waals surface area contributed by atoms with Gasteiger partial charge in [-0.3, -0.25) is 9.59 Å². The fourth-order valence-corrected chi connectivity index (χ4v) is 3.74. The summed E-state index contributed by atoms with van der Waals surface area (Å²) in [4.78, 5) is 26.5. The Morgan fingerprint density at radius 3 is 2.03 bits per heavy atom. The second-order valence-corrected chi connectivity index (χ2v) is 7.86. The minimum absolute atomic E-state index is 0.113. The SMILES string of the molecule is C1CC1C1CC1.CNC(=O)c1ccc(-c2cccc3[nH]c(C(=O)NC)cc23)cc1. The van der Waals surface area contributed by atoms with E-state index in [4.69, 9.17) is 0 Å². The van der Waals surface area contributed by atoms with Gasteiger partial charge in [0, 0.05) is 30.6 Å². The second kappa shape index (κ2) is 8.11. The summed E-state index contributed by atoms with van der Waals surface area (Å²) in [5.41, 5.74) is 4.04. The molecular weight excluding hydrogens is 362 g/mol. The van der Waals surface area contributed by atoms with Crippen LogP contribution in [-0.4, -0.2) is 30.9 Å². The van der Waals surface area contributed by atoms with Crippen molar-refractivity contribution in [2.75, 3.05) is 14.1 Å². The number of rotatable bonds is 4. The Morgan fingerprint density at radius 2 is 1.48 bits per heavy atom. The zero-order valence-electron chi connectivity index (χ0n) is 16.9. The van der Waals surface area contributed by atoms with Crippen molar-refractivity contribution in [3.8, 4) is 11.1 Å². The molecule has 2 aliphatic rings. The maximum absolute atomic E-state index is 11.8. The van der Waals surface area contributed by atoms with Crippen molar-refractivity contribution < 1.29 is 9.59 Å². The molecule has 2 fully saturated rings. The summed E-state index contributed by atoms with van der Waals surface area (Å²) in [6.45, 7) is 0. The van der Waals surface area contributed by atoms with E-state index in [0.29, 0.717) is 11.3 Å². The normalized spacial score (nSPS) is 15.4. The van der Waals surface area contributed by atoms with Gasteiger partial charge in [-0.1, -0.05) is 24.3 Å². The van der Waals surface area contributed by atoms with Crippen molar-refractivity contribution in [1.29, 1.82) is 0 Å². The summed E-state index contributed by atoms with van der Waals surface area (Å²) in [5.74, 6) is 2.16. The molecule has 1 heterocycles. The van der Waals surface area contributed by atoms with Crippen molar-refractivity contribution in [3.05, 3.63) is 59.8 Å². The molecule has 0 radical (unpaired) electrons. The summed E-state index contributed by atoms with van der Waals surface area (Å²) in [6.07, 6.45) is 6.24. The minimum Gasteiger partial charge on any atom is -0.355 e. The van der Waals surface area contributed by atoms with E-state index in [-0.39, 0.29) is 11.8 Å². The monoisotopic (exact) mass is 389 g/mol. The molecule has 29 heavy (non-hydrogen) atoms. The molecule has 5 heteroatoms. The molecular formula is C24H27N3O2. The molecule has 3 aromatic rings. The molecule has 2 aromatic carbocycles. The van der Waals surface area contributed by atoms with E-state index in [1.54, 1.807) is 51.9 Å². The lowest BCUT2D eigenvalue weighted by atomic mass is 10.0. The highest BCUT2D eigenvalue weighted by molar-refractivity contribution is 6.03. The number of hydrogen-bond donors (Lipinski definition) is 3. The molecule has 1 aromatic heterocycles. The Kier molecular flexibility index (Phi) is 5.38. The molecule has 0 spiro atoms. The average molecular weight is 389 g/mol. The van der Waals surface area contributed by atoms with Gasteiger partial charge in [0.25, 0.3) is 11.8 Å². The number of benzene rings is 2. The smallest absolute Gasteiger partial charge is 0.267 e. The molecule has 0 aliphatic heterocycles. The number of carbonyl (C=O) groups is 2. The summed E-state index contributed by atoms with van der Waals surface area (Å²) < 4.78 is 0. The summed E-state index contributed by atoms with van der Waals surface area (Å²) in [5, 5.41) is 6.19. The van der Waals surface area contributed by atoms with Crippen LogP contribution in [-0.2, 0) is 0 Å². The van der Waals surface area contributed by atoms with Crippen LogP contribution in [0.3, 0.4) is 0 Å². The molecule has 150 valence electrons.